The predicted octanol–water partition coefficient (Wildman–Crippen LogP) is -4.72. The number of guanidine groups is 3. The van der Waals surface area contributed by atoms with Gasteiger partial charge in [0.15, 0.2) is 17.9 Å². The Morgan fingerprint density at radius 3 is 1.40 bits per heavy atom. The van der Waals surface area contributed by atoms with Gasteiger partial charge in [-0.1, -0.05) is 13.8 Å². The Morgan fingerprint density at radius 1 is 0.560 bits per heavy atom. The van der Waals surface area contributed by atoms with E-state index in [1.54, 1.807) is 13.8 Å². The molecule has 21 heteroatoms. The van der Waals surface area contributed by atoms with Crippen LogP contribution in [0.15, 0.2) is 15.0 Å². The highest BCUT2D eigenvalue weighted by atomic mass is 16.4. The highest BCUT2D eigenvalue weighted by molar-refractivity contribution is 5.95. The second-order valence-electron chi connectivity index (χ2n) is 12.0. The Morgan fingerprint density at radius 2 is 0.960 bits per heavy atom. The van der Waals surface area contributed by atoms with E-state index in [0.717, 1.165) is 0 Å². The first-order chi connectivity index (χ1) is 23.5. The van der Waals surface area contributed by atoms with Crippen LogP contribution in [0.25, 0.3) is 0 Å². The molecular weight excluding hydrogens is 654 g/mol. The number of amides is 4. The van der Waals surface area contributed by atoms with Crippen LogP contribution in [0.2, 0.25) is 0 Å². The lowest BCUT2D eigenvalue weighted by atomic mass is 10.00. The topological polar surface area (TPSA) is 399 Å². The normalized spacial score (nSPS) is 13.8. The van der Waals surface area contributed by atoms with Gasteiger partial charge < -0.3 is 72.2 Å². The van der Waals surface area contributed by atoms with Gasteiger partial charge in [0.25, 0.3) is 0 Å². The molecule has 0 aliphatic rings. The average molecular weight is 714 g/mol. The third kappa shape index (κ3) is 20.4. The van der Waals surface area contributed by atoms with Gasteiger partial charge >= 0.3 is 5.97 Å². The van der Waals surface area contributed by atoms with Crippen molar-refractivity contribution in [2.75, 3.05) is 26.2 Å². The second-order valence-corrected chi connectivity index (χ2v) is 12.0. The molecule has 21 N–H and O–H groups in total. The molecule has 0 aromatic carbocycles. The summed E-state index contributed by atoms with van der Waals surface area (Å²) in [6.45, 7) is 4.30. The maximum atomic E-state index is 13.6. The fraction of sp³-hybridized carbons (Fsp3) is 0.724. The first-order valence-electron chi connectivity index (χ1n) is 16.6. The average Bonchev–Trinajstić information content (AvgIpc) is 3.03. The van der Waals surface area contributed by atoms with E-state index < -0.39 is 65.7 Å². The van der Waals surface area contributed by atoms with Gasteiger partial charge in [0.2, 0.25) is 23.6 Å². The lowest BCUT2D eigenvalue weighted by Crippen LogP contribution is -2.59. The van der Waals surface area contributed by atoms with E-state index in [4.69, 9.17) is 45.9 Å². The highest BCUT2D eigenvalue weighted by Crippen LogP contribution is 2.09. The zero-order valence-electron chi connectivity index (χ0n) is 29.1. The lowest BCUT2D eigenvalue weighted by molar-refractivity contribution is -0.142. The smallest absolute Gasteiger partial charge is 0.326 e. The number of nitrogens with two attached hydrogens (primary N) is 8. The van der Waals surface area contributed by atoms with Crippen LogP contribution in [0, 0.1) is 5.92 Å². The Labute approximate surface area is 292 Å². The monoisotopic (exact) mass is 713 g/mol. The van der Waals surface area contributed by atoms with Gasteiger partial charge in [0, 0.05) is 19.6 Å². The van der Waals surface area contributed by atoms with Crippen molar-refractivity contribution in [3.8, 4) is 0 Å². The van der Waals surface area contributed by atoms with Crippen LogP contribution in [0.1, 0.15) is 71.6 Å². The van der Waals surface area contributed by atoms with Gasteiger partial charge in [-0.3, -0.25) is 34.2 Å². The van der Waals surface area contributed by atoms with Crippen molar-refractivity contribution in [2.45, 2.75) is 102 Å². The molecule has 0 heterocycles. The number of rotatable bonds is 26. The van der Waals surface area contributed by atoms with Crippen LogP contribution in [0.3, 0.4) is 0 Å². The van der Waals surface area contributed by atoms with Crippen molar-refractivity contribution in [3.05, 3.63) is 0 Å². The van der Waals surface area contributed by atoms with Crippen LogP contribution < -0.4 is 67.1 Å². The number of nitrogens with one attached hydrogen (secondary N) is 4. The summed E-state index contributed by atoms with van der Waals surface area (Å²) in [5, 5.41) is 20.1. The van der Waals surface area contributed by atoms with Gasteiger partial charge in [-0.25, -0.2) is 4.79 Å². The number of carbonyl (C=O) groups is 5. The standard InChI is InChI=1S/C29H59N15O6/c1-16(2)21(25(48)42-18(9-3-4-12-30)23(46)43-20(26(49)50)11-7-15-40-29(36)37)44-24(47)19(10-6-14-39-28(34)35)41-22(45)17(31)8-5-13-38-27(32)33/h16-21H,3-15,30-31H2,1-2H3,(H,41,45)(H,42,48)(H,43,46)(H,44,47)(H,49,50)(H4,32,33,38)(H4,34,35,39)(H4,36,37,40). The molecule has 21 nitrogen and oxygen atoms in total. The molecule has 0 spiro atoms. The first-order valence-corrected chi connectivity index (χ1v) is 16.6. The Bertz CT molecular complexity index is 1170. The maximum absolute atomic E-state index is 13.6. The van der Waals surface area contributed by atoms with E-state index >= 15 is 0 Å². The fourth-order valence-corrected chi connectivity index (χ4v) is 4.55. The van der Waals surface area contributed by atoms with Crippen molar-refractivity contribution < 1.29 is 29.1 Å². The molecule has 286 valence electrons. The maximum Gasteiger partial charge on any atom is 0.326 e. The highest BCUT2D eigenvalue weighted by Gasteiger charge is 2.33. The summed E-state index contributed by atoms with van der Waals surface area (Å²) in [5.41, 5.74) is 43.7. The van der Waals surface area contributed by atoms with Gasteiger partial charge in [0.05, 0.1) is 6.04 Å². The number of carboxylic acids is 1. The molecule has 0 aliphatic heterocycles. The first kappa shape index (κ1) is 45.1. The van der Waals surface area contributed by atoms with Crippen LogP contribution in [-0.2, 0) is 24.0 Å². The minimum Gasteiger partial charge on any atom is -0.480 e. The van der Waals surface area contributed by atoms with Gasteiger partial charge in [-0.15, -0.1) is 0 Å². The molecule has 4 amide bonds. The third-order valence-corrected chi connectivity index (χ3v) is 7.27. The summed E-state index contributed by atoms with van der Waals surface area (Å²) in [7, 11) is 0. The van der Waals surface area contributed by atoms with Crippen LogP contribution in [-0.4, -0.2) is 109 Å². The fourth-order valence-electron chi connectivity index (χ4n) is 4.55. The van der Waals surface area contributed by atoms with E-state index in [1.165, 1.54) is 0 Å². The van der Waals surface area contributed by atoms with Crippen molar-refractivity contribution in [1.82, 2.24) is 21.3 Å². The molecule has 0 saturated heterocycles. The molecule has 0 radical (unpaired) electrons. The third-order valence-electron chi connectivity index (χ3n) is 7.27. The SMILES string of the molecule is CC(C)C(NC(=O)C(CCCN=C(N)N)NC(=O)C(N)CCCN=C(N)N)C(=O)NC(CCCCN)C(=O)NC(CCCN=C(N)N)C(=O)O. The van der Waals surface area contributed by atoms with Crippen molar-refractivity contribution in [2.24, 2.45) is 66.8 Å². The van der Waals surface area contributed by atoms with Crippen molar-refractivity contribution in [3.63, 3.8) is 0 Å². The van der Waals surface area contributed by atoms with Gasteiger partial charge in [-0.05, 0) is 70.3 Å². The number of aliphatic carboxylic acids is 1. The summed E-state index contributed by atoms with van der Waals surface area (Å²) in [5.74, 6) is -4.82. The summed E-state index contributed by atoms with van der Waals surface area (Å²) in [4.78, 5) is 76.7. The molecule has 5 atom stereocenters. The molecule has 50 heavy (non-hydrogen) atoms. The minimum atomic E-state index is -1.27. The summed E-state index contributed by atoms with van der Waals surface area (Å²) >= 11 is 0. The molecule has 0 fully saturated rings. The number of unbranched alkanes of at least 4 members (excludes halogenated alkanes) is 1. The zero-order valence-corrected chi connectivity index (χ0v) is 29.1. The van der Waals surface area contributed by atoms with Crippen molar-refractivity contribution >= 4 is 47.5 Å². The largest absolute Gasteiger partial charge is 0.480 e. The quantitative estimate of drug-likeness (QED) is 0.0228. The minimum absolute atomic E-state index is 0.0300. The summed E-state index contributed by atoms with van der Waals surface area (Å²) in [6, 6.07) is -5.65. The van der Waals surface area contributed by atoms with Gasteiger partial charge in [-0.2, -0.15) is 0 Å². The molecule has 0 aliphatic carbocycles. The van der Waals surface area contributed by atoms with E-state index in [0.29, 0.717) is 32.2 Å². The second kappa shape index (κ2) is 25.1. The molecule has 0 aromatic rings. The lowest BCUT2D eigenvalue weighted by Gasteiger charge is -2.28. The Hall–Kier alpha value is -4.92. The van der Waals surface area contributed by atoms with Gasteiger partial charge in [0.1, 0.15) is 24.2 Å². The van der Waals surface area contributed by atoms with E-state index in [-0.39, 0.29) is 69.6 Å². The number of carboxylic acid groups (broad SMARTS) is 1. The number of hydrogen-bond acceptors (Lipinski definition) is 10. The van der Waals surface area contributed by atoms with E-state index in [2.05, 4.69) is 36.2 Å². The molecular formula is C29H59N15O6. The molecule has 0 saturated carbocycles. The van der Waals surface area contributed by atoms with Crippen LogP contribution in [0.5, 0.6) is 0 Å². The molecule has 5 unspecified atom stereocenters. The molecule has 0 bridgehead atoms. The summed E-state index contributed by atoms with van der Waals surface area (Å²) < 4.78 is 0. The van der Waals surface area contributed by atoms with Crippen molar-refractivity contribution in [1.29, 1.82) is 0 Å². The number of nitrogens with zero attached hydrogens (tertiary/aromatic N) is 3. The molecule has 0 aromatic heterocycles. The Balaban J connectivity index is 5.88. The number of hydrogen-bond donors (Lipinski definition) is 13. The molecule has 0 rings (SSSR count). The van der Waals surface area contributed by atoms with E-state index in [9.17, 15) is 29.1 Å². The van der Waals surface area contributed by atoms with Crippen LogP contribution >= 0.6 is 0 Å². The van der Waals surface area contributed by atoms with E-state index in [1.807, 2.05) is 0 Å². The van der Waals surface area contributed by atoms with Crippen LogP contribution in [0.4, 0.5) is 0 Å². The Kier molecular flexibility index (Phi) is 22.6. The number of aliphatic imine (C=N–C) groups is 3. The summed E-state index contributed by atoms with van der Waals surface area (Å²) in [6.07, 6.45) is 2.49. The predicted molar refractivity (Wildman–Crippen MR) is 191 cm³/mol. The zero-order chi connectivity index (χ0) is 38.2. The number of carbonyl (C=O) groups excluding carboxylic acids is 4.